The van der Waals surface area contributed by atoms with Gasteiger partial charge in [0.05, 0.1) is 6.33 Å². The van der Waals surface area contributed by atoms with Crippen LogP contribution in [0.4, 0.5) is 5.82 Å². The molecule has 0 unspecified atom stereocenters. The van der Waals surface area contributed by atoms with Gasteiger partial charge in [-0.05, 0) is 29.3 Å². The topological polar surface area (TPSA) is 66.5 Å². The summed E-state index contributed by atoms with van der Waals surface area (Å²) in [5.74, 6) is 0.646. The van der Waals surface area contributed by atoms with Crippen LogP contribution < -0.4 is 5.32 Å². The number of aromatic amines is 1. The zero-order valence-electron chi connectivity index (χ0n) is 9.69. The molecule has 0 atom stereocenters. The van der Waals surface area contributed by atoms with Gasteiger partial charge >= 0.3 is 0 Å². The number of aromatic nitrogens is 4. The summed E-state index contributed by atoms with van der Waals surface area (Å²) >= 11 is 9.31. The lowest BCUT2D eigenvalue weighted by Crippen LogP contribution is -2.03. The Labute approximate surface area is 122 Å². The van der Waals surface area contributed by atoms with Crippen LogP contribution in [0.3, 0.4) is 0 Å². The van der Waals surface area contributed by atoms with E-state index < -0.39 is 0 Å². The molecule has 0 aliphatic rings. The molecule has 0 spiro atoms. The summed E-state index contributed by atoms with van der Waals surface area (Å²) < 4.78 is 1.04. The first-order valence-corrected chi connectivity index (χ1v) is 6.74. The summed E-state index contributed by atoms with van der Waals surface area (Å²) in [6.45, 7) is 0.640. The minimum Gasteiger partial charge on any atom is -0.364 e. The number of halogens is 2. The molecule has 3 rings (SSSR count). The molecule has 1 aromatic carbocycles. The molecule has 0 amide bonds. The van der Waals surface area contributed by atoms with Crippen molar-refractivity contribution < 1.29 is 0 Å². The van der Waals surface area contributed by atoms with Gasteiger partial charge in [-0.3, -0.25) is 0 Å². The van der Waals surface area contributed by atoms with Crippen molar-refractivity contribution in [1.29, 1.82) is 0 Å². The predicted octanol–water partition coefficient (Wildman–Crippen LogP) is 3.38. The highest BCUT2D eigenvalue weighted by atomic mass is 79.9. The molecule has 0 aliphatic carbocycles. The number of hydrogen-bond donors (Lipinski definition) is 2. The molecular weight excluding hydrogens is 330 g/mol. The van der Waals surface area contributed by atoms with Crippen LogP contribution in [0.25, 0.3) is 11.2 Å². The van der Waals surface area contributed by atoms with Crippen LogP contribution in [0, 0.1) is 0 Å². The molecule has 2 heterocycles. The lowest BCUT2D eigenvalue weighted by Gasteiger charge is -2.07. The number of nitrogens with one attached hydrogen (secondary N) is 2. The molecular formula is C12H9BrClN5. The second-order valence-corrected chi connectivity index (χ2v) is 5.18. The zero-order chi connectivity index (χ0) is 13.2. The summed E-state index contributed by atoms with van der Waals surface area (Å²) in [6.07, 6.45) is 1.57. The SMILES string of the molecule is Clc1nc(NCc2cccc(Br)c2)c2[nH]cnc2n1. The first-order valence-electron chi connectivity index (χ1n) is 5.57. The fourth-order valence-electron chi connectivity index (χ4n) is 1.77. The zero-order valence-corrected chi connectivity index (χ0v) is 12.0. The minimum atomic E-state index is 0.177. The first kappa shape index (κ1) is 12.4. The summed E-state index contributed by atoms with van der Waals surface area (Å²) in [5, 5.41) is 3.41. The van der Waals surface area contributed by atoms with Gasteiger partial charge in [0, 0.05) is 11.0 Å². The van der Waals surface area contributed by atoms with Gasteiger partial charge in [-0.1, -0.05) is 28.1 Å². The molecule has 0 radical (unpaired) electrons. The van der Waals surface area contributed by atoms with E-state index in [0.717, 1.165) is 15.6 Å². The van der Waals surface area contributed by atoms with Crippen molar-refractivity contribution in [2.24, 2.45) is 0 Å². The van der Waals surface area contributed by atoms with Gasteiger partial charge in [-0.25, -0.2) is 4.98 Å². The first-order chi connectivity index (χ1) is 9.22. The Hall–Kier alpha value is -1.66. The molecule has 96 valence electrons. The van der Waals surface area contributed by atoms with Crippen molar-refractivity contribution in [3.8, 4) is 0 Å². The van der Waals surface area contributed by atoms with Crippen molar-refractivity contribution in [2.75, 3.05) is 5.32 Å². The monoisotopic (exact) mass is 337 g/mol. The predicted molar refractivity (Wildman–Crippen MR) is 78.2 cm³/mol. The highest BCUT2D eigenvalue weighted by Gasteiger charge is 2.08. The second kappa shape index (κ2) is 5.14. The molecule has 0 saturated heterocycles. The molecule has 0 fully saturated rings. The molecule has 0 bridgehead atoms. The fourth-order valence-corrected chi connectivity index (χ4v) is 2.38. The average molecular weight is 339 g/mol. The molecule has 7 heteroatoms. The number of anilines is 1. The van der Waals surface area contributed by atoms with Crippen molar-refractivity contribution in [1.82, 2.24) is 19.9 Å². The minimum absolute atomic E-state index is 0.177. The van der Waals surface area contributed by atoms with Crippen molar-refractivity contribution in [2.45, 2.75) is 6.54 Å². The molecule has 5 nitrogen and oxygen atoms in total. The third-order valence-corrected chi connectivity index (χ3v) is 3.27. The number of rotatable bonds is 3. The number of imidazole rings is 1. The van der Waals surface area contributed by atoms with E-state index >= 15 is 0 Å². The molecule has 2 aromatic heterocycles. The number of fused-ring (bicyclic) bond motifs is 1. The van der Waals surface area contributed by atoms with Gasteiger partial charge in [0.15, 0.2) is 11.5 Å². The molecule has 19 heavy (non-hydrogen) atoms. The number of hydrogen-bond acceptors (Lipinski definition) is 4. The van der Waals surface area contributed by atoms with Gasteiger partial charge in [-0.15, -0.1) is 0 Å². The maximum Gasteiger partial charge on any atom is 0.226 e. The molecule has 0 saturated carbocycles. The average Bonchev–Trinajstić information content (AvgIpc) is 2.84. The van der Waals surface area contributed by atoms with Crippen LogP contribution in [-0.2, 0) is 6.54 Å². The van der Waals surface area contributed by atoms with Crippen molar-refractivity contribution in [3.05, 3.63) is 45.9 Å². The van der Waals surface area contributed by atoms with E-state index in [1.807, 2.05) is 24.3 Å². The third kappa shape index (κ3) is 2.69. The summed E-state index contributed by atoms with van der Waals surface area (Å²) in [5.41, 5.74) is 2.44. The van der Waals surface area contributed by atoms with Crippen LogP contribution >= 0.6 is 27.5 Å². The maximum atomic E-state index is 5.86. The third-order valence-electron chi connectivity index (χ3n) is 2.61. The Kier molecular flexibility index (Phi) is 3.35. The van der Waals surface area contributed by atoms with Crippen molar-refractivity contribution in [3.63, 3.8) is 0 Å². The normalized spacial score (nSPS) is 10.8. The Morgan fingerprint density at radius 1 is 1.32 bits per heavy atom. The van der Waals surface area contributed by atoms with E-state index in [1.54, 1.807) is 6.33 Å². The Morgan fingerprint density at radius 3 is 3.05 bits per heavy atom. The van der Waals surface area contributed by atoms with E-state index in [1.165, 1.54) is 0 Å². The lowest BCUT2D eigenvalue weighted by atomic mass is 10.2. The van der Waals surface area contributed by atoms with Gasteiger partial charge in [0.1, 0.15) is 5.52 Å². The Morgan fingerprint density at radius 2 is 2.21 bits per heavy atom. The van der Waals surface area contributed by atoms with E-state index in [0.29, 0.717) is 18.0 Å². The Balaban J connectivity index is 1.87. The van der Waals surface area contributed by atoms with Crippen LogP contribution in [0.5, 0.6) is 0 Å². The van der Waals surface area contributed by atoms with E-state index in [-0.39, 0.29) is 5.28 Å². The largest absolute Gasteiger partial charge is 0.364 e. The van der Waals surface area contributed by atoms with Gasteiger partial charge in [-0.2, -0.15) is 9.97 Å². The van der Waals surface area contributed by atoms with E-state index in [9.17, 15) is 0 Å². The molecule has 0 aliphatic heterocycles. The van der Waals surface area contributed by atoms with Crippen molar-refractivity contribution >= 4 is 44.5 Å². The quantitative estimate of drug-likeness (QED) is 0.719. The second-order valence-electron chi connectivity index (χ2n) is 3.93. The molecule has 2 N–H and O–H groups in total. The number of H-pyrrole nitrogens is 1. The summed E-state index contributed by atoms with van der Waals surface area (Å²) in [7, 11) is 0. The number of nitrogens with zero attached hydrogens (tertiary/aromatic N) is 3. The number of benzene rings is 1. The highest BCUT2D eigenvalue weighted by Crippen LogP contribution is 2.20. The smallest absolute Gasteiger partial charge is 0.226 e. The van der Waals surface area contributed by atoms with E-state index in [2.05, 4.69) is 41.2 Å². The van der Waals surface area contributed by atoms with Gasteiger partial charge in [0.2, 0.25) is 5.28 Å². The molecule has 3 aromatic rings. The maximum absolute atomic E-state index is 5.86. The summed E-state index contributed by atoms with van der Waals surface area (Å²) in [4.78, 5) is 15.3. The lowest BCUT2D eigenvalue weighted by molar-refractivity contribution is 1.10. The van der Waals surface area contributed by atoms with Crippen LogP contribution in [0.15, 0.2) is 35.1 Å². The van der Waals surface area contributed by atoms with Gasteiger partial charge < -0.3 is 10.3 Å². The highest BCUT2D eigenvalue weighted by molar-refractivity contribution is 9.10. The standard InChI is InChI=1S/C12H9BrClN5/c13-8-3-1-2-7(4-8)5-15-10-9-11(17-6-16-9)19-12(14)18-10/h1-4,6H,5H2,(H2,15,16,17,18,19). The fraction of sp³-hybridized carbons (Fsp3) is 0.0833. The van der Waals surface area contributed by atoms with Gasteiger partial charge in [0.25, 0.3) is 0 Å². The van der Waals surface area contributed by atoms with Crippen LogP contribution in [0.2, 0.25) is 5.28 Å². The summed E-state index contributed by atoms with van der Waals surface area (Å²) in [6, 6.07) is 8.04. The van der Waals surface area contributed by atoms with Crippen LogP contribution in [-0.4, -0.2) is 19.9 Å². The van der Waals surface area contributed by atoms with Crippen LogP contribution in [0.1, 0.15) is 5.56 Å². The van der Waals surface area contributed by atoms with E-state index in [4.69, 9.17) is 11.6 Å². The Bertz CT molecular complexity index is 727.